The maximum atomic E-state index is 12.1. The number of carbonyl (C=O) groups excluding carboxylic acids is 1. The van der Waals surface area contributed by atoms with Gasteiger partial charge >= 0.3 is 0 Å². The summed E-state index contributed by atoms with van der Waals surface area (Å²) in [5.74, 6) is 0.103. The van der Waals surface area contributed by atoms with Gasteiger partial charge in [0.2, 0.25) is 5.91 Å². The van der Waals surface area contributed by atoms with Crippen LogP contribution in [0.3, 0.4) is 0 Å². The Hall–Kier alpha value is -2.37. The van der Waals surface area contributed by atoms with Crippen LogP contribution in [0.25, 0.3) is 11.3 Å². The van der Waals surface area contributed by atoms with E-state index in [1.807, 2.05) is 30.3 Å². The number of nitrogens with zero attached hydrogens (tertiary/aromatic N) is 2. The van der Waals surface area contributed by atoms with Crippen molar-refractivity contribution in [3.8, 4) is 11.3 Å². The van der Waals surface area contributed by atoms with Gasteiger partial charge in [-0.1, -0.05) is 47.6 Å². The van der Waals surface area contributed by atoms with Crippen molar-refractivity contribution in [2.45, 2.75) is 18.9 Å². The first-order valence-electron chi connectivity index (χ1n) is 8.11. The molecule has 26 heavy (non-hydrogen) atoms. The van der Waals surface area contributed by atoms with Crippen molar-refractivity contribution in [2.75, 3.05) is 11.1 Å². The number of amides is 1. The minimum Gasteiger partial charge on any atom is -0.324 e. The molecule has 0 atom stereocenters. The molecule has 3 rings (SSSR count). The smallest absolute Gasteiger partial charge is 0.234 e. The standard InChI is InChI=1S/C20H18ClN3OS/c1-13-7-8-15(11-14(13)2)17-9-10-20(24-23-17)26-12-19(25)22-18-6-4-3-5-16(18)21/h3-11H,12H2,1-2H3,(H,22,25). The Bertz CT molecular complexity index is 929. The predicted molar refractivity (Wildman–Crippen MR) is 108 cm³/mol. The van der Waals surface area contributed by atoms with Crippen molar-refractivity contribution < 1.29 is 4.79 Å². The van der Waals surface area contributed by atoms with Gasteiger partial charge in [-0.2, -0.15) is 0 Å². The number of aromatic nitrogens is 2. The Morgan fingerprint density at radius 2 is 1.85 bits per heavy atom. The molecule has 1 aromatic heterocycles. The molecule has 3 aromatic rings. The summed E-state index contributed by atoms with van der Waals surface area (Å²) in [6, 6.07) is 17.2. The van der Waals surface area contributed by atoms with Crippen molar-refractivity contribution in [2.24, 2.45) is 0 Å². The quantitative estimate of drug-likeness (QED) is 0.619. The van der Waals surface area contributed by atoms with Gasteiger partial charge in [0, 0.05) is 5.56 Å². The number of carbonyl (C=O) groups is 1. The summed E-state index contributed by atoms with van der Waals surface area (Å²) >= 11 is 7.37. The summed E-state index contributed by atoms with van der Waals surface area (Å²) < 4.78 is 0. The minimum atomic E-state index is -0.136. The molecule has 0 spiro atoms. The second-order valence-corrected chi connectivity index (χ2v) is 7.28. The van der Waals surface area contributed by atoms with Crippen LogP contribution in [0.2, 0.25) is 5.02 Å². The van der Waals surface area contributed by atoms with Crippen LogP contribution in [0.5, 0.6) is 0 Å². The summed E-state index contributed by atoms with van der Waals surface area (Å²) in [6.45, 7) is 4.16. The third-order valence-electron chi connectivity index (χ3n) is 3.94. The van der Waals surface area contributed by atoms with E-state index in [1.165, 1.54) is 22.9 Å². The molecule has 0 aliphatic heterocycles. The molecule has 6 heteroatoms. The summed E-state index contributed by atoms with van der Waals surface area (Å²) in [5.41, 5.74) is 4.93. The fourth-order valence-corrected chi connectivity index (χ4v) is 3.14. The van der Waals surface area contributed by atoms with Gasteiger partial charge in [-0.3, -0.25) is 4.79 Å². The van der Waals surface area contributed by atoms with Crippen molar-refractivity contribution >= 4 is 35.0 Å². The summed E-state index contributed by atoms with van der Waals surface area (Å²) in [5, 5.41) is 12.5. The van der Waals surface area contributed by atoms with E-state index < -0.39 is 0 Å². The summed E-state index contributed by atoms with van der Waals surface area (Å²) in [6.07, 6.45) is 0. The number of halogens is 1. The molecule has 4 nitrogen and oxygen atoms in total. The fourth-order valence-electron chi connectivity index (χ4n) is 2.34. The third-order valence-corrected chi connectivity index (χ3v) is 5.19. The SMILES string of the molecule is Cc1ccc(-c2ccc(SCC(=O)Nc3ccccc3Cl)nn2)cc1C. The molecule has 0 fully saturated rings. The second-order valence-electron chi connectivity index (χ2n) is 5.87. The van der Waals surface area contributed by atoms with E-state index in [2.05, 4.69) is 41.5 Å². The van der Waals surface area contributed by atoms with Gasteiger partial charge in [-0.15, -0.1) is 10.2 Å². The lowest BCUT2D eigenvalue weighted by Crippen LogP contribution is -2.14. The number of hydrogen-bond acceptors (Lipinski definition) is 4. The molecule has 0 aliphatic carbocycles. The molecule has 0 aliphatic rings. The molecule has 2 aromatic carbocycles. The Kier molecular flexibility index (Phi) is 5.91. The number of anilines is 1. The monoisotopic (exact) mass is 383 g/mol. The van der Waals surface area contributed by atoms with E-state index in [0.29, 0.717) is 15.7 Å². The number of aryl methyl sites for hydroxylation is 2. The molecule has 0 saturated carbocycles. The molecule has 0 saturated heterocycles. The van der Waals surface area contributed by atoms with E-state index in [1.54, 1.807) is 12.1 Å². The summed E-state index contributed by atoms with van der Waals surface area (Å²) in [4.78, 5) is 12.1. The molecule has 132 valence electrons. The molecule has 1 N–H and O–H groups in total. The Morgan fingerprint density at radius 1 is 1.04 bits per heavy atom. The van der Waals surface area contributed by atoms with Gasteiger partial charge in [-0.25, -0.2) is 0 Å². The van der Waals surface area contributed by atoms with Gasteiger partial charge in [0.1, 0.15) is 5.03 Å². The Labute approximate surface area is 162 Å². The molecular formula is C20H18ClN3OS. The number of hydrogen-bond donors (Lipinski definition) is 1. The normalized spacial score (nSPS) is 10.6. The third kappa shape index (κ3) is 4.62. The molecular weight excluding hydrogens is 366 g/mol. The van der Waals surface area contributed by atoms with Gasteiger partial charge < -0.3 is 5.32 Å². The second kappa shape index (κ2) is 8.34. The highest BCUT2D eigenvalue weighted by Crippen LogP contribution is 2.23. The fraction of sp³-hybridized carbons (Fsp3) is 0.150. The average molecular weight is 384 g/mol. The summed E-state index contributed by atoms with van der Waals surface area (Å²) in [7, 11) is 0. The molecule has 1 heterocycles. The van der Waals surface area contributed by atoms with Crippen LogP contribution < -0.4 is 5.32 Å². The highest BCUT2D eigenvalue weighted by atomic mass is 35.5. The van der Waals surface area contributed by atoms with E-state index in [0.717, 1.165) is 11.3 Å². The van der Waals surface area contributed by atoms with Crippen LogP contribution in [0.4, 0.5) is 5.69 Å². The number of benzene rings is 2. The van der Waals surface area contributed by atoms with Gasteiger partial charge in [-0.05, 0) is 55.3 Å². The van der Waals surface area contributed by atoms with Crippen LogP contribution in [0, 0.1) is 13.8 Å². The van der Waals surface area contributed by atoms with E-state index in [-0.39, 0.29) is 11.7 Å². The highest BCUT2D eigenvalue weighted by molar-refractivity contribution is 7.99. The molecule has 1 amide bonds. The van der Waals surface area contributed by atoms with Gasteiger partial charge in [0.15, 0.2) is 0 Å². The maximum Gasteiger partial charge on any atom is 0.234 e. The first-order valence-corrected chi connectivity index (χ1v) is 9.48. The lowest BCUT2D eigenvalue weighted by Gasteiger charge is -2.07. The number of rotatable bonds is 5. The first kappa shape index (κ1) is 18.4. The topological polar surface area (TPSA) is 54.9 Å². The first-order chi connectivity index (χ1) is 12.5. The number of nitrogens with one attached hydrogen (secondary N) is 1. The van der Waals surface area contributed by atoms with Gasteiger partial charge in [0.25, 0.3) is 0 Å². The zero-order chi connectivity index (χ0) is 18.5. The zero-order valence-corrected chi connectivity index (χ0v) is 16.1. The number of para-hydroxylation sites is 1. The molecule has 0 unspecified atom stereocenters. The van der Waals surface area contributed by atoms with Crippen molar-refractivity contribution in [1.82, 2.24) is 10.2 Å². The lowest BCUT2D eigenvalue weighted by atomic mass is 10.0. The number of thioether (sulfide) groups is 1. The lowest BCUT2D eigenvalue weighted by molar-refractivity contribution is -0.113. The van der Waals surface area contributed by atoms with Crippen molar-refractivity contribution in [1.29, 1.82) is 0 Å². The van der Waals surface area contributed by atoms with Crippen LogP contribution in [0.1, 0.15) is 11.1 Å². The molecule has 0 bridgehead atoms. The Balaban J connectivity index is 1.60. The molecule has 0 radical (unpaired) electrons. The van der Waals surface area contributed by atoms with E-state index >= 15 is 0 Å². The van der Waals surface area contributed by atoms with Crippen LogP contribution >= 0.6 is 23.4 Å². The largest absolute Gasteiger partial charge is 0.324 e. The van der Waals surface area contributed by atoms with Crippen molar-refractivity contribution in [3.63, 3.8) is 0 Å². The van der Waals surface area contributed by atoms with Gasteiger partial charge in [0.05, 0.1) is 22.2 Å². The zero-order valence-electron chi connectivity index (χ0n) is 14.5. The maximum absolute atomic E-state index is 12.1. The highest BCUT2D eigenvalue weighted by Gasteiger charge is 2.08. The minimum absolute atomic E-state index is 0.136. The van der Waals surface area contributed by atoms with E-state index in [9.17, 15) is 4.79 Å². The van der Waals surface area contributed by atoms with Crippen LogP contribution in [-0.2, 0) is 4.79 Å². The van der Waals surface area contributed by atoms with E-state index in [4.69, 9.17) is 11.6 Å². The van der Waals surface area contributed by atoms with Crippen LogP contribution in [0.15, 0.2) is 59.6 Å². The predicted octanol–water partition coefficient (Wildman–Crippen LogP) is 5.14. The van der Waals surface area contributed by atoms with Crippen molar-refractivity contribution in [3.05, 3.63) is 70.7 Å². The Morgan fingerprint density at radius 3 is 2.54 bits per heavy atom. The van der Waals surface area contributed by atoms with Crippen LogP contribution in [-0.4, -0.2) is 21.9 Å². The average Bonchev–Trinajstić information content (AvgIpc) is 2.65.